The minimum absolute atomic E-state index is 0.179. The molecular formula is C19H22N4O2. The Bertz CT molecular complexity index is 844. The molecule has 0 spiro atoms. The van der Waals surface area contributed by atoms with E-state index < -0.39 is 0 Å². The number of carbonyl (C=O) groups is 1. The number of para-hydroxylation sites is 3. The summed E-state index contributed by atoms with van der Waals surface area (Å²) >= 11 is 0. The Morgan fingerprint density at radius 3 is 2.80 bits per heavy atom. The lowest BCUT2D eigenvalue weighted by molar-refractivity contribution is 0.240. The molecule has 6 heteroatoms. The van der Waals surface area contributed by atoms with Crippen molar-refractivity contribution in [2.45, 2.75) is 19.5 Å². The zero-order valence-corrected chi connectivity index (χ0v) is 14.2. The number of carbonyl (C=O) groups excluding carboxylic acids is 1. The molecule has 130 valence electrons. The predicted molar refractivity (Wildman–Crippen MR) is 97.6 cm³/mol. The zero-order valence-electron chi connectivity index (χ0n) is 14.2. The van der Waals surface area contributed by atoms with E-state index in [9.17, 15) is 4.79 Å². The minimum Gasteiger partial charge on any atom is -0.496 e. The lowest BCUT2D eigenvalue weighted by Crippen LogP contribution is -2.35. The Morgan fingerprint density at radius 2 is 1.92 bits per heavy atom. The first-order chi connectivity index (χ1) is 12.3. The van der Waals surface area contributed by atoms with Gasteiger partial charge in [0, 0.05) is 25.2 Å². The van der Waals surface area contributed by atoms with E-state index >= 15 is 0 Å². The Labute approximate surface area is 146 Å². The van der Waals surface area contributed by atoms with Gasteiger partial charge < -0.3 is 19.9 Å². The van der Waals surface area contributed by atoms with E-state index in [0.29, 0.717) is 13.1 Å². The third kappa shape index (κ3) is 4.29. The number of ether oxygens (including phenoxy) is 1. The molecule has 2 N–H and O–H groups in total. The van der Waals surface area contributed by atoms with E-state index in [0.717, 1.165) is 35.3 Å². The number of rotatable bonds is 7. The largest absolute Gasteiger partial charge is 0.496 e. The highest BCUT2D eigenvalue weighted by molar-refractivity contribution is 5.75. The first kappa shape index (κ1) is 16.8. The third-order valence-corrected chi connectivity index (χ3v) is 4.02. The molecule has 0 bridgehead atoms. The molecule has 2 amide bonds. The van der Waals surface area contributed by atoms with Crippen LogP contribution in [0.2, 0.25) is 0 Å². The lowest BCUT2D eigenvalue weighted by atomic mass is 10.2. The summed E-state index contributed by atoms with van der Waals surface area (Å²) in [5, 5.41) is 5.72. The zero-order chi connectivity index (χ0) is 17.5. The summed E-state index contributed by atoms with van der Waals surface area (Å²) in [6.45, 7) is 1.85. The maximum Gasteiger partial charge on any atom is 0.315 e. The second-order valence-electron chi connectivity index (χ2n) is 5.70. The molecule has 0 aliphatic rings. The van der Waals surface area contributed by atoms with Gasteiger partial charge in [0.1, 0.15) is 5.75 Å². The molecule has 0 fully saturated rings. The van der Waals surface area contributed by atoms with Crippen LogP contribution in [-0.2, 0) is 13.1 Å². The second-order valence-corrected chi connectivity index (χ2v) is 5.70. The fourth-order valence-corrected chi connectivity index (χ4v) is 2.73. The van der Waals surface area contributed by atoms with Crippen molar-refractivity contribution < 1.29 is 9.53 Å². The first-order valence-corrected chi connectivity index (χ1v) is 8.31. The number of aromatic nitrogens is 2. The molecule has 0 radical (unpaired) electrons. The Morgan fingerprint density at radius 1 is 1.12 bits per heavy atom. The van der Waals surface area contributed by atoms with Gasteiger partial charge in [-0.1, -0.05) is 30.3 Å². The molecule has 1 aromatic heterocycles. The third-order valence-electron chi connectivity index (χ3n) is 4.02. The van der Waals surface area contributed by atoms with Crippen molar-refractivity contribution in [3.63, 3.8) is 0 Å². The van der Waals surface area contributed by atoms with E-state index in [1.54, 1.807) is 7.11 Å². The number of nitrogens with zero attached hydrogens (tertiary/aromatic N) is 2. The van der Waals surface area contributed by atoms with E-state index in [1.807, 2.05) is 48.8 Å². The Balaban J connectivity index is 1.41. The fourth-order valence-electron chi connectivity index (χ4n) is 2.73. The normalized spacial score (nSPS) is 10.6. The molecule has 0 saturated heterocycles. The molecule has 0 aliphatic carbocycles. The van der Waals surface area contributed by atoms with Crippen molar-refractivity contribution in [2.24, 2.45) is 0 Å². The number of urea groups is 1. The van der Waals surface area contributed by atoms with Gasteiger partial charge in [-0.2, -0.15) is 0 Å². The maximum absolute atomic E-state index is 11.9. The van der Waals surface area contributed by atoms with Crippen LogP contribution in [0.4, 0.5) is 4.79 Å². The van der Waals surface area contributed by atoms with E-state index in [2.05, 4.69) is 26.3 Å². The molecule has 6 nitrogen and oxygen atoms in total. The number of methoxy groups -OCH3 is 1. The van der Waals surface area contributed by atoms with E-state index in [-0.39, 0.29) is 6.03 Å². The molecule has 25 heavy (non-hydrogen) atoms. The van der Waals surface area contributed by atoms with Gasteiger partial charge in [-0.25, -0.2) is 9.78 Å². The molecule has 0 aliphatic heterocycles. The number of nitrogens with one attached hydrogen (secondary N) is 2. The first-order valence-electron chi connectivity index (χ1n) is 8.31. The van der Waals surface area contributed by atoms with Gasteiger partial charge in [-0.15, -0.1) is 0 Å². The van der Waals surface area contributed by atoms with Crippen molar-refractivity contribution in [3.05, 3.63) is 60.4 Å². The van der Waals surface area contributed by atoms with Gasteiger partial charge in [-0.3, -0.25) is 0 Å². The lowest BCUT2D eigenvalue weighted by Gasteiger charge is -2.11. The average Bonchev–Trinajstić information content (AvgIpc) is 3.07. The molecule has 3 aromatic rings. The summed E-state index contributed by atoms with van der Waals surface area (Å²) < 4.78 is 7.37. The highest BCUT2D eigenvalue weighted by Crippen LogP contribution is 2.16. The molecular weight excluding hydrogens is 316 g/mol. The van der Waals surface area contributed by atoms with E-state index in [4.69, 9.17) is 4.74 Å². The molecule has 2 aromatic carbocycles. The molecule has 0 atom stereocenters. The predicted octanol–water partition coefficient (Wildman–Crippen LogP) is 2.93. The monoisotopic (exact) mass is 338 g/mol. The van der Waals surface area contributed by atoms with Crippen molar-refractivity contribution in [1.82, 2.24) is 20.2 Å². The standard InChI is InChI=1S/C19H22N4O2/c1-25-18-10-5-2-7-15(18)13-21-19(24)20-11-6-12-23-14-22-16-8-3-4-9-17(16)23/h2-5,7-10,14H,6,11-13H2,1H3,(H2,20,21,24). The van der Waals surface area contributed by atoms with Gasteiger partial charge in [0.05, 0.1) is 24.5 Å². The summed E-state index contributed by atoms with van der Waals surface area (Å²) in [6.07, 6.45) is 2.68. The van der Waals surface area contributed by atoms with Crippen molar-refractivity contribution in [2.75, 3.05) is 13.7 Å². The number of imidazole rings is 1. The number of amides is 2. The van der Waals surface area contributed by atoms with Crippen LogP contribution in [0.25, 0.3) is 11.0 Å². The number of fused-ring (bicyclic) bond motifs is 1. The van der Waals surface area contributed by atoms with Crippen LogP contribution in [0, 0.1) is 0 Å². The summed E-state index contributed by atoms with van der Waals surface area (Å²) in [5.74, 6) is 0.773. The smallest absolute Gasteiger partial charge is 0.315 e. The van der Waals surface area contributed by atoms with Gasteiger partial charge >= 0.3 is 6.03 Å². The van der Waals surface area contributed by atoms with Gasteiger partial charge in [0.15, 0.2) is 0 Å². The summed E-state index contributed by atoms with van der Waals surface area (Å²) in [7, 11) is 1.62. The Kier molecular flexibility index (Phi) is 5.51. The highest BCUT2D eigenvalue weighted by Gasteiger charge is 2.05. The van der Waals surface area contributed by atoms with Crippen LogP contribution in [-0.4, -0.2) is 29.2 Å². The topological polar surface area (TPSA) is 68.2 Å². The van der Waals surface area contributed by atoms with Gasteiger partial charge in [0.25, 0.3) is 0 Å². The fraction of sp³-hybridized carbons (Fsp3) is 0.263. The molecule has 0 unspecified atom stereocenters. The van der Waals surface area contributed by atoms with Crippen molar-refractivity contribution >= 4 is 17.1 Å². The molecule has 3 rings (SSSR count). The summed E-state index contributed by atoms with van der Waals surface area (Å²) in [6, 6.07) is 15.5. The molecule has 1 heterocycles. The van der Waals surface area contributed by atoms with Gasteiger partial charge in [-0.05, 0) is 24.6 Å². The summed E-state index contributed by atoms with van der Waals surface area (Å²) in [5.41, 5.74) is 3.05. The summed E-state index contributed by atoms with van der Waals surface area (Å²) in [4.78, 5) is 16.3. The van der Waals surface area contributed by atoms with Gasteiger partial charge in [0.2, 0.25) is 0 Å². The number of hydrogen-bond acceptors (Lipinski definition) is 3. The quantitative estimate of drug-likeness (QED) is 0.651. The minimum atomic E-state index is -0.179. The van der Waals surface area contributed by atoms with Crippen LogP contribution < -0.4 is 15.4 Å². The van der Waals surface area contributed by atoms with Crippen LogP contribution in [0.1, 0.15) is 12.0 Å². The van der Waals surface area contributed by atoms with Crippen LogP contribution in [0.5, 0.6) is 5.75 Å². The van der Waals surface area contributed by atoms with Crippen molar-refractivity contribution in [1.29, 1.82) is 0 Å². The number of hydrogen-bond donors (Lipinski definition) is 2. The Hall–Kier alpha value is -3.02. The van der Waals surface area contributed by atoms with Crippen molar-refractivity contribution in [3.8, 4) is 5.75 Å². The number of aryl methyl sites for hydroxylation is 1. The van der Waals surface area contributed by atoms with Crippen LogP contribution in [0.3, 0.4) is 0 Å². The van der Waals surface area contributed by atoms with Crippen LogP contribution >= 0.6 is 0 Å². The average molecular weight is 338 g/mol. The maximum atomic E-state index is 11.9. The number of benzene rings is 2. The van der Waals surface area contributed by atoms with E-state index in [1.165, 1.54) is 0 Å². The second kappa shape index (κ2) is 8.19. The van der Waals surface area contributed by atoms with Crippen LogP contribution in [0.15, 0.2) is 54.9 Å². The SMILES string of the molecule is COc1ccccc1CNC(=O)NCCCn1cnc2ccccc21. The molecule has 0 saturated carbocycles. The highest BCUT2D eigenvalue weighted by atomic mass is 16.5.